The fourth-order valence-corrected chi connectivity index (χ4v) is 1.68. The van der Waals surface area contributed by atoms with E-state index in [1.54, 1.807) is 0 Å². The minimum atomic E-state index is -3.03. The average Bonchev–Trinajstić information content (AvgIpc) is 1.82. The van der Waals surface area contributed by atoms with Crippen molar-refractivity contribution in [1.29, 1.82) is 0 Å². The lowest BCUT2D eigenvalue weighted by Crippen LogP contribution is -2.08. The molecular weight excluding hydrogens is 128 g/mol. The molecule has 0 fully saturated rings. The maximum atomic E-state index is 10.4. The lowest BCUT2D eigenvalue weighted by molar-refractivity contribution is 0.249. The van der Waals surface area contributed by atoms with Crippen LogP contribution in [-0.2, 0) is 9.84 Å². The molecule has 0 spiro atoms. The summed E-state index contributed by atoms with van der Waals surface area (Å²) in [5.74, 6) is -0.146. The largest absolute Gasteiger partial charge is 0.388 e. The Labute approximate surface area is 47.6 Å². The molecule has 0 unspecified atom stereocenters. The first-order valence-electron chi connectivity index (χ1n) is 2.19. The van der Waals surface area contributed by atoms with Crippen molar-refractivity contribution in [2.45, 2.75) is 6.10 Å². The van der Waals surface area contributed by atoms with Gasteiger partial charge in [-0.2, -0.15) is 0 Å². The summed E-state index contributed by atoms with van der Waals surface area (Å²) in [6, 6.07) is 0. The smallest absolute Gasteiger partial charge is 0.174 e. The second-order valence-electron chi connectivity index (χ2n) is 1.73. The van der Waals surface area contributed by atoms with E-state index in [4.69, 9.17) is 5.11 Å². The summed E-state index contributed by atoms with van der Waals surface area (Å²) < 4.78 is 20.8. The quantitative estimate of drug-likeness (QED) is 0.476. The highest BCUT2D eigenvalue weighted by atomic mass is 32.2. The van der Waals surface area contributed by atoms with Gasteiger partial charge in [0.15, 0.2) is 9.84 Å². The Morgan fingerprint density at radius 2 is 2.25 bits per heavy atom. The van der Waals surface area contributed by atoms with Gasteiger partial charge >= 0.3 is 0 Å². The molecule has 0 bridgehead atoms. The minimum Gasteiger partial charge on any atom is -0.388 e. The van der Waals surface area contributed by atoms with E-state index in [1.807, 2.05) is 0 Å². The van der Waals surface area contributed by atoms with Crippen molar-refractivity contribution in [1.82, 2.24) is 0 Å². The zero-order valence-corrected chi connectivity index (χ0v) is 4.93. The SMILES string of the molecule is O=S1(=O)C=C[C@@H](O)C1. The summed E-state index contributed by atoms with van der Waals surface area (Å²) in [4.78, 5) is 0. The van der Waals surface area contributed by atoms with Crippen molar-refractivity contribution in [2.75, 3.05) is 5.75 Å². The van der Waals surface area contributed by atoms with Gasteiger partial charge in [-0.3, -0.25) is 0 Å². The Hall–Kier alpha value is -0.350. The molecule has 0 aliphatic carbocycles. The first-order valence-corrected chi connectivity index (χ1v) is 3.91. The molecule has 3 nitrogen and oxygen atoms in total. The third-order valence-electron chi connectivity index (χ3n) is 0.911. The van der Waals surface area contributed by atoms with Gasteiger partial charge in [-0.25, -0.2) is 8.42 Å². The monoisotopic (exact) mass is 134 g/mol. The van der Waals surface area contributed by atoms with Crippen LogP contribution in [-0.4, -0.2) is 25.4 Å². The fourth-order valence-electron chi connectivity index (χ4n) is 0.560. The van der Waals surface area contributed by atoms with E-state index >= 15 is 0 Å². The van der Waals surface area contributed by atoms with Gasteiger partial charge in [0.05, 0.1) is 11.9 Å². The summed E-state index contributed by atoms with van der Waals surface area (Å²) in [5.41, 5.74) is 0. The van der Waals surface area contributed by atoms with Crippen LogP contribution in [0.1, 0.15) is 0 Å². The Morgan fingerprint density at radius 3 is 2.38 bits per heavy atom. The molecule has 0 radical (unpaired) electrons. The van der Waals surface area contributed by atoms with Gasteiger partial charge in [0.2, 0.25) is 0 Å². The summed E-state index contributed by atoms with van der Waals surface area (Å²) in [7, 11) is -3.03. The Morgan fingerprint density at radius 1 is 1.62 bits per heavy atom. The second kappa shape index (κ2) is 1.56. The molecule has 1 aliphatic rings. The van der Waals surface area contributed by atoms with E-state index in [0.717, 1.165) is 5.41 Å². The van der Waals surface area contributed by atoms with E-state index in [1.165, 1.54) is 6.08 Å². The highest BCUT2D eigenvalue weighted by Crippen LogP contribution is 2.06. The molecule has 0 aromatic carbocycles. The molecule has 0 amide bonds. The molecule has 1 atom stereocenters. The van der Waals surface area contributed by atoms with E-state index in [-0.39, 0.29) is 5.75 Å². The fraction of sp³-hybridized carbons (Fsp3) is 0.500. The van der Waals surface area contributed by atoms with Crippen molar-refractivity contribution in [2.24, 2.45) is 0 Å². The van der Waals surface area contributed by atoms with Gasteiger partial charge in [0, 0.05) is 5.41 Å². The van der Waals surface area contributed by atoms with Crippen LogP contribution in [0.15, 0.2) is 11.5 Å². The van der Waals surface area contributed by atoms with Crippen LogP contribution in [0.3, 0.4) is 0 Å². The van der Waals surface area contributed by atoms with Crippen LogP contribution in [0.5, 0.6) is 0 Å². The van der Waals surface area contributed by atoms with E-state index in [9.17, 15) is 8.42 Å². The first-order chi connectivity index (χ1) is 3.60. The normalized spacial score (nSPS) is 33.4. The predicted molar refractivity (Wildman–Crippen MR) is 28.9 cm³/mol. The number of rotatable bonds is 0. The van der Waals surface area contributed by atoms with Crippen LogP contribution in [0.25, 0.3) is 0 Å². The number of sulfone groups is 1. The van der Waals surface area contributed by atoms with Crippen LogP contribution < -0.4 is 0 Å². The van der Waals surface area contributed by atoms with Gasteiger partial charge in [0.25, 0.3) is 0 Å². The van der Waals surface area contributed by atoms with Crippen molar-refractivity contribution in [3.8, 4) is 0 Å². The van der Waals surface area contributed by atoms with E-state index in [0.29, 0.717) is 0 Å². The third kappa shape index (κ3) is 1.08. The Kier molecular flexibility index (Phi) is 1.13. The summed E-state index contributed by atoms with van der Waals surface area (Å²) >= 11 is 0. The maximum absolute atomic E-state index is 10.4. The van der Waals surface area contributed by atoms with Crippen molar-refractivity contribution in [3.05, 3.63) is 11.5 Å². The number of aliphatic hydroxyl groups excluding tert-OH is 1. The molecule has 0 saturated carbocycles. The van der Waals surface area contributed by atoms with E-state index in [2.05, 4.69) is 0 Å². The van der Waals surface area contributed by atoms with Crippen LogP contribution in [0, 0.1) is 0 Å². The van der Waals surface area contributed by atoms with Crippen LogP contribution in [0.2, 0.25) is 0 Å². The van der Waals surface area contributed by atoms with E-state index < -0.39 is 15.9 Å². The Balaban J connectivity index is 2.89. The molecule has 1 heterocycles. The van der Waals surface area contributed by atoms with Gasteiger partial charge in [-0.05, 0) is 6.08 Å². The van der Waals surface area contributed by atoms with Crippen LogP contribution in [0.4, 0.5) is 0 Å². The summed E-state index contributed by atoms with van der Waals surface area (Å²) in [6.07, 6.45) is 0.495. The molecule has 46 valence electrons. The second-order valence-corrected chi connectivity index (χ2v) is 3.66. The molecule has 0 saturated heterocycles. The number of hydrogen-bond donors (Lipinski definition) is 1. The van der Waals surface area contributed by atoms with Crippen molar-refractivity contribution >= 4 is 9.84 Å². The number of aliphatic hydroxyl groups is 1. The topological polar surface area (TPSA) is 54.4 Å². The van der Waals surface area contributed by atoms with Gasteiger partial charge in [0.1, 0.15) is 0 Å². The lowest BCUT2D eigenvalue weighted by atomic mass is 10.4. The number of hydrogen-bond acceptors (Lipinski definition) is 3. The molecule has 1 N–H and O–H groups in total. The molecule has 4 heteroatoms. The van der Waals surface area contributed by atoms with Gasteiger partial charge < -0.3 is 5.11 Å². The highest BCUT2D eigenvalue weighted by Gasteiger charge is 2.18. The van der Waals surface area contributed by atoms with Gasteiger partial charge in [-0.15, -0.1) is 0 Å². The first kappa shape index (κ1) is 5.78. The van der Waals surface area contributed by atoms with Gasteiger partial charge in [-0.1, -0.05) is 0 Å². The molecule has 0 aromatic rings. The highest BCUT2D eigenvalue weighted by molar-refractivity contribution is 7.94. The Bertz CT molecular complexity index is 201. The lowest BCUT2D eigenvalue weighted by Gasteiger charge is -1.90. The zero-order valence-electron chi connectivity index (χ0n) is 4.11. The summed E-state index contributed by atoms with van der Waals surface area (Å²) in [5, 5.41) is 9.64. The predicted octanol–water partition coefficient (Wildman–Crippen LogP) is -0.711. The third-order valence-corrected chi connectivity index (χ3v) is 2.29. The van der Waals surface area contributed by atoms with Crippen molar-refractivity contribution < 1.29 is 13.5 Å². The average molecular weight is 134 g/mol. The van der Waals surface area contributed by atoms with Crippen LogP contribution >= 0.6 is 0 Å². The standard InChI is InChI=1S/C4H6O3S/c5-4-1-2-8(6,7)3-4/h1-2,4-5H,3H2/t4-/m1/s1. The maximum Gasteiger partial charge on any atom is 0.174 e. The molecule has 8 heavy (non-hydrogen) atoms. The minimum absolute atomic E-state index is 0.146. The van der Waals surface area contributed by atoms with Crippen molar-refractivity contribution in [3.63, 3.8) is 0 Å². The molecule has 0 aromatic heterocycles. The molecule has 1 rings (SSSR count). The zero-order chi connectivity index (χ0) is 6.20. The summed E-state index contributed by atoms with van der Waals surface area (Å²) in [6.45, 7) is 0. The molecular formula is C4H6O3S. The molecule has 1 aliphatic heterocycles.